The zero-order chi connectivity index (χ0) is 13.4. The SMILES string of the molecule is CCCNC(CCO)CSc1ccc(F)c(F)c1. The van der Waals surface area contributed by atoms with Gasteiger partial charge in [0.15, 0.2) is 11.6 Å². The number of rotatable bonds is 8. The van der Waals surface area contributed by atoms with Crippen LogP contribution >= 0.6 is 11.8 Å². The normalized spacial score (nSPS) is 12.7. The monoisotopic (exact) mass is 275 g/mol. The molecule has 102 valence electrons. The van der Waals surface area contributed by atoms with E-state index in [4.69, 9.17) is 5.11 Å². The van der Waals surface area contributed by atoms with Gasteiger partial charge in [-0.25, -0.2) is 8.78 Å². The molecule has 1 aromatic carbocycles. The molecule has 0 heterocycles. The van der Waals surface area contributed by atoms with Crippen molar-refractivity contribution in [1.29, 1.82) is 0 Å². The molecule has 5 heteroatoms. The molecular weight excluding hydrogens is 256 g/mol. The van der Waals surface area contributed by atoms with E-state index in [0.717, 1.165) is 24.8 Å². The molecule has 18 heavy (non-hydrogen) atoms. The first kappa shape index (κ1) is 15.4. The van der Waals surface area contributed by atoms with E-state index in [9.17, 15) is 8.78 Å². The van der Waals surface area contributed by atoms with E-state index in [1.165, 1.54) is 17.8 Å². The minimum absolute atomic E-state index is 0.125. The third-order valence-electron chi connectivity index (χ3n) is 2.50. The Balaban J connectivity index is 2.47. The van der Waals surface area contributed by atoms with E-state index in [0.29, 0.717) is 11.3 Å². The van der Waals surface area contributed by atoms with Crippen LogP contribution in [0, 0.1) is 11.6 Å². The fourth-order valence-corrected chi connectivity index (χ4v) is 2.54. The number of hydrogen-bond acceptors (Lipinski definition) is 3. The molecule has 1 unspecified atom stereocenters. The van der Waals surface area contributed by atoms with Crippen molar-refractivity contribution in [3.63, 3.8) is 0 Å². The molecule has 0 aliphatic heterocycles. The summed E-state index contributed by atoms with van der Waals surface area (Å²) >= 11 is 1.46. The number of hydrogen-bond donors (Lipinski definition) is 2. The lowest BCUT2D eigenvalue weighted by molar-refractivity contribution is 0.270. The molecule has 1 atom stereocenters. The Morgan fingerprint density at radius 3 is 2.72 bits per heavy atom. The zero-order valence-electron chi connectivity index (χ0n) is 10.5. The minimum Gasteiger partial charge on any atom is -0.396 e. The van der Waals surface area contributed by atoms with Crippen molar-refractivity contribution >= 4 is 11.8 Å². The van der Waals surface area contributed by atoms with Crippen molar-refractivity contribution in [1.82, 2.24) is 5.32 Å². The lowest BCUT2D eigenvalue weighted by Gasteiger charge is -2.16. The maximum absolute atomic E-state index is 13.0. The van der Waals surface area contributed by atoms with Crippen LogP contribution in [0.15, 0.2) is 23.1 Å². The molecule has 1 aromatic rings. The standard InChI is InChI=1S/C13H19F2NOS/c1-2-6-16-10(5-7-17)9-18-11-3-4-12(14)13(15)8-11/h3-4,8,10,16-17H,2,5-7,9H2,1H3. The largest absolute Gasteiger partial charge is 0.396 e. The first-order valence-corrected chi connectivity index (χ1v) is 7.08. The molecule has 2 N–H and O–H groups in total. The molecule has 0 aliphatic carbocycles. The van der Waals surface area contributed by atoms with Gasteiger partial charge in [0.05, 0.1) is 0 Å². The Labute approximate surface area is 111 Å². The highest BCUT2D eigenvalue weighted by atomic mass is 32.2. The van der Waals surface area contributed by atoms with Crippen molar-refractivity contribution in [2.45, 2.75) is 30.7 Å². The molecule has 0 fully saturated rings. The van der Waals surface area contributed by atoms with Crippen molar-refractivity contribution in [2.24, 2.45) is 0 Å². The number of thioether (sulfide) groups is 1. The van der Waals surface area contributed by atoms with Crippen LogP contribution in [-0.2, 0) is 0 Å². The van der Waals surface area contributed by atoms with Gasteiger partial charge in [-0.05, 0) is 37.6 Å². The van der Waals surface area contributed by atoms with Gasteiger partial charge in [0.2, 0.25) is 0 Å². The highest BCUT2D eigenvalue weighted by Crippen LogP contribution is 2.21. The van der Waals surface area contributed by atoms with Gasteiger partial charge in [-0.3, -0.25) is 0 Å². The van der Waals surface area contributed by atoms with Gasteiger partial charge >= 0.3 is 0 Å². The van der Waals surface area contributed by atoms with E-state index < -0.39 is 11.6 Å². The summed E-state index contributed by atoms with van der Waals surface area (Å²) in [5.41, 5.74) is 0. The van der Waals surface area contributed by atoms with Crippen LogP contribution in [0.4, 0.5) is 8.78 Å². The second-order valence-electron chi connectivity index (χ2n) is 4.05. The number of nitrogens with one attached hydrogen (secondary N) is 1. The van der Waals surface area contributed by atoms with Crippen LogP contribution < -0.4 is 5.32 Å². The fraction of sp³-hybridized carbons (Fsp3) is 0.538. The molecular formula is C13H19F2NOS. The maximum atomic E-state index is 13.0. The molecule has 1 rings (SSSR count). The predicted molar refractivity (Wildman–Crippen MR) is 70.9 cm³/mol. The van der Waals surface area contributed by atoms with Gasteiger partial charge in [0, 0.05) is 23.3 Å². The van der Waals surface area contributed by atoms with Crippen LogP contribution in [0.1, 0.15) is 19.8 Å². The lowest BCUT2D eigenvalue weighted by Crippen LogP contribution is -2.32. The van der Waals surface area contributed by atoms with Gasteiger partial charge in [0.25, 0.3) is 0 Å². The Hall–Kier alpha value is -0.650. The maximum Gasteiger partial charge on any atom is 0.159 e. The Morgan fingerprint density at radius 1 is 1.33 bits per heavy atom. The fourth-order valence-electron chi connectivity index (χ4n) is 1.51. The van der Waals surface area contributed by atoms with Gasteiger partial charge < -0.3 is 10.4 Å². The summed E-state index contributed by atoms with van der Waals surface area (Å²) in [5.74, 6) is -0.915. The highest BCUT2D eigenvalue weighted by molar-refractivity contribution is 7.99. The molecule has 0 bridgehead atoms. The average molecular weight is 275 g/mol. The second kappa shape index (κ2) is 8.45. The molecule has 0 saturated carbocycles. The van der Waals surface area contributed by atoms with Crippen molar-refractivity contribution in [3.8, 4) is 0 Å². The molecule has 0 spiro atoms. The summed E-state index contributed by atoms with van der Waals surface area (Å²) in [5, 5.41) is 12.3. The number of benzene rings is 1. The number of aliphatic hydroxyl groups excluding tert-OH is 1. The van der Waals surface area contributed by atoms with Crippen LogP contribution in [0.25, 0.3) is 0 Å². The van der Waals surface area contributed by atoms with E-state index in [2.05, 4.69) is 12.2 Å². The van der Waals surface area contributed by atoms with Crippen LogP contribution in [0.2, 0.25) is 0 Å². The third-order valence-corrected chi connectivity index (χ3v) is 3.66. The average Bonchev–Trinajstić information content (AvgIpc) is 2.37. The van der Waals surface area contributed by atoms with Crippen molar-refractivity contribution < 1.29 is 13.9 Å². The van der Waals surface area contributed by atoms with Crippen LogP contribution in [-0.4, -0.2) is 30.1 Å². The summed E-state index contributed by atoms with van der Waals surface area (Å²) in [6.07, 6.45) is 1.69. The number of halogens is 2. The number of aliphatic hydroxyl groups is 1. The van der Waals surface area contributed by atoms with Crippen LogP contribution in [0.3, 0.4) is 0 Å². The molecule has 0 radical (unpaired) electrons. The first-order valence-electron chi connectivity index (χ1n) is 6.09. The molecule has 0 aromatic heterocycles. The molecule has 0 aliphatic rings. The predicted octanol–water partition coefficient (Wildman–Crippen LogP) is 2.81. The Kier molecular flexibility index (Phi) is 7.23. The topological polar surface area (TPSA) is 32.3 Å². The third kappa shape index (κ3) is 5.33. The Bertz CT molecular complexity index is 363. The van der Waals surface area contributed by atoms with Gasteiger partial charge in [0.1, 0.15) is 0 Å². The first-order chi connectivity index (χ1) is 8.67. The summed E-state index contributed by atoms with van der Waals surface area (Å²) in [4.78, 5) is 0.704. The second-order valence-corrected chi connectivity index (χ2v) is 5.14. The summed E-state index contributed by atoms with van der Waals surface area (Å²) in [6, 6.07) is 4.10. The zero-order valence-corrected chi connectivity index (χ0v) is 11.3. The van der Waals surface area contributed by atoms with Gasteiger partial charge in [-0.1, -0.05) is 6.92 Å². The summed E-state index contributed by atoms with van der Waals surface area (Å²) in [7, 11) is 0. The van der Waals surface area contributed by atoms with Crippen molar-refractivity contribution in [3.05, 3.63) is 29.8 Å². The lowest BCUT2D eigenvalue weighted by atomic mass is 10.2. The van der Waals surface area contributed by atoms with Crippen LogP contribution in [0.5, 0.6) is 0 Å². The highest BCUT2D eigenvalue weighted by Gasteiger charge is 2.09. The molecule has 0 saturated heterocycles. The summed E-state index contributed by atoms with van der Waals surface area (Å²) < 4.78 is 25.8. The van der Waals surface area contributed by atoms with Crippen molar-refractivity contribution in [2.75, 3.05) is 18.9 Å². The minimum atomic E-state index is -0.824. The molecule has 0 amide bonds. The van der Waals surface area contributed by atoms with Gasteiger partial charge in [-0.15, -0.1) is 11.8 Å². The summed E-state index contributed by atoms with van der Waals surface area (Å²) in [6.45, 7) is 3.09. The Morgan fingerprint density at radius 2 is 2.11 bits per heavy atom. The smallest absolute Gasteiger partial charge is 0.159 e. The van der Waals surface area contributed by atoms with Gasteiger partial charge in [-0.2, -0.15) is 0 Å². The molecule has 2 nitrogen and oxygen atoms in total. The van der Waals surface area contributed by atoms with E-state index >= 15 is 0 Å². The van der Waals surface area contributed by atoms with E-state index in [1.54, 1.807) is 6.07 Å². The van der Waals surface area contributed by atoms with E-state index in [-0.39, 0.29) is 12.6 Å². The quantitative estimate of drug-likeness (QED) is 0.716. The van der Waals surface area contributed by atoms with E-state index in [1.807, 2.05) is 0 Å².